The summed E-state index contributed by atoms with van der Waals surface area (Å²) in [6.45, 7) is 0. The molecule has 0 atom stereocenters. The van der Waals surface area contributed by atoms with E-state index in [-0.39, 0.29) is 16.4 Å². The molecule has 2 N–H and O–H groups in total. The molecule has 4 nitrogen and oxygen atoms in total. The van der Waals surface area contributed by atoms with Crippen LogP contribution in [0.5, 0.6) is 0 Å². The summed E-state index contributed by atoms with van der Waals surface area (Å²) in [6.07, 6.45) is 1.44. The smallest absolute Gasteiger partial charge is 0.256 e. The monoisotopic (exact) mass is 377 g/mol. The van der Waals surface area contributed by atoms with Gasteiger partial charge in [-0.2, -0.15) is 0 Å². The summed E-state index contributed by atoms with van der Waals surface area (Å²) in [5.74, 6) is -3.06. The summed E-state index contributed by atoms with van der Waals surface area (Å²) in [5, 5.41) is 5.44. The topological polar surface area (TPSA) is 54.0 Å². The zero-order valence-corrected chi connectivity index (χ0v) is 13.8. The summed E-state index contributed by atoms with van der Waals surface area (Å²) in [4.78, 5) is 16.1. The van der Waals surface area contributed by atoms with Crippen molar-refractivity contribution in [2.75, 3.05) is 10.6 Å². The highest BCUT2D eigenvalue weighted by molar-refractivity contribution is 6.31. The molecule has 1 heterocycles. The van der Waals surface area contributed by atoms with Gasteiger partial charge in [-0.25, -0.2) is 18.2 Å². The Bertz CT molecular complexity index is 964. The predicted molar refractivity (Wildman–Crippen MR) is 93.2 cm³/mol. The van der Waals surface area contributed by atoms with Gasteiger partial charge in [0, 0.05) is 11.3 Å². The third-order valence-corrected chi connectivity index (χ3v) is 3.68. The standard InChI is InChI=1S/C18H11ClF3N3O/c19-13-8-11(2-5-14(13)20)24-12-3-6-17(23-9-12)25-18(26)10-1-4-15(21)16(22)7-10/h1-9,24H,(H,23,25,26). The lowest BCUT2D eigenvalue weighted by molar-refractivity contribution is 0.102. The van der Waals surface area contributed by atoms with E-state index in [1.165, 1.54) is 36.5 Å². The molecule has 0 saturated carbocycles. The number of carbonyl (C=O) groups excluding carboxylic acids is 1. The number of hydrogen-bond acceptors (Lipinski definition) is 3. The molecule has 0 aliphatic heterocycles. The van der Waals surface area contributed by atoms with Gasteiger partial charge >= 0.3 is 0 Å². The Labute approximate surface area is 151 Å². The molecule has 0 bridgehead atoms. The molecule has 8 heteroatoms. The molecule has 3 aromatic rings. The van der Waals surface area contributed by atoms with Crippen LogP contribution in [0.15, 0.2) is 54.7 Å². The molecule has 132 valence electrons. The number of amides is 1. The SMILES string of the molecule is O=C(Nc1ccc(Nc2ccc(F)c(Cl)c2)cn1)c1ccc(F)c(F)c1. The van der Waals surface area contributed by atoms with Crippen molar-refractivity contribution in [1.29, 1.82) is 0 Å². The molecule has 0 fully saturated rings. The van der Waals surface area contributed by atoms with Crippen molar-refractivity contribution in [1.82, 2.24) is 4.98 Å². The minimum atomic E-state index is -1.11. The first-order valence-corrected chi connectivity index (χ1v) is 7.75. The molecule has 0 spiro atoms. The second kappa shape index (κ2) is 7.45. The minimum absolute atomic E-state index is 0.0154. The Morgan fingerprint density at radius 3 is 2.27 bits per heavy atom. The van der Waals surface area contributed by atoms with Gasteiger partial charge in [0.05, 0.1) is 16.9 Å². The first kappa shape index (κ1) is 17.8. The number of carbonyl (C=O) groups is 1. The quantitative estimate of drug-likeness (QED) is 0.661. The van der Waals surface area contributed by atoms with E-state index >= 15 is 0 Å². The average Bonchev–Trinajstić information content (AvgIpc) is 2.62. The van der Waals surface area contributed by atoms with E-state index in [1.54, 1.807) is 6.07 Å². The molecular weight excluding hydrogens is 367 g/mol. The first-order valence-electron chi connectivity index (χ1n) is 7.37. The number of halogens is 4. The van der Waals surface area contributed by atoms with Crippen LogP contribution >= 0.6 is 11.6 Å². The number of anilines is 3. The minimum Gasteiger partial charge on any atom is -0.354 e. The maximum Gasteiger partial charge on any atom is 0.256 e. The third-order valence-electron chi connectivity index (χ3n) is 3.40. The summed E-state index contributed by atoms with van der Waals surface area (Å²) in [7, 11) is 0. The van der Waals surface area contributed by atoms with E-state index in [4.69, 9.17) is 11.6 Å². The van der Waals surface area contributed by atoms with Gasteiger partial charge in [-0.05, 0) is 48.5 Å². The van der Waals surface area contributed by atoms with Crippen molar-refractivity contribution in [2.24, 2.45) is 0 Å². The van der Waals surface area contributed by atoms with Crippen molar-refractivity contribution in [2.45, 2.75) is 0 Å². The Hall–Kier alpha value is -3.06. The van der Waals surface area contributed by atoms with E-state index < -0.39 is 23.4 Å². The summed E-state index contributed by atoms with van der Waals surface area (Å²) >= 11 is 5.71. The number of benzene rings is 2. The normalized spacial score (nSPS) is 10.5. The van der Waals surface area contributed by atoms with Gasteiger partial charge in [0.15, 0.2) is 11.6 Å². The van der Waals surface area contributed by atoms with E-state index in [1.807, 2.05) is 0 Å². The largest absolute Gasteiger partial charge is 0.354 e. The van der Waals surface area contributed by atoms with Gasteiger partial charge in [-0.15, -0.1) is 0 Å². The van der Waals surface area contributed by atoms with Gasteiger partial charge in [-0.3, -0.25) is 4.79 Å². The van der Waals surface area contributed by atoms with E-state index in [0.717, 1.165) is 12.1 Å². The number of rotatable bonds is 4. The van der Waals surface area contributed by atoms with Gasteiger partial charge < -0.3 is 10.6 Å². The molecule has 1 amide bonds. The zero-order valence-electron chi connectivity index (χ0n) is 13.1. The van der Waals surface area contributed by atoms with Crippen LogP contribution < -0.4 is 10.6 Å². The van der Waals surface area contributed by atoms with E-state index in [0.29, 0.717) is 11.4 Å². The molecule has 0 unspecified atom stereocenters. The van der Waals surface area contributed by atoms with Crippen LogP contribution in [-0.2, 0) is 0 Å². The van der Waals surface area contributed by atoms with Crippen LogP contribution in [0.25, 0.3) is 0 Å². The lowest BCUT2D eigenvalue weighted by atomic mass is 10.2. The van der Waals surface area contributed by atoms with Gasteiger partial charge in [0.25, 0.3) is 5.91 Å². The van der Waals surface area contributed by atoms with E-state index in [2.05, 4.69) is 15.6 Å². The Morgan fingerprint density at radius 2 is 1.62 bits per heavy atom. The highest BCUT2D eigenvalue weighted by Crippen LogP contribution is 2.23. The molecule has 26 heavy (non-hydrogen) atoms. The fraction of sp³-hybridized carbons (Fsp3) is 0. The summed E-state index contributed by atoms with van der Waals surface area (Å²) < 4.78 is 39.2. The van der Waals surface area contributed by atoms with Crippen molar-refractivity contribution < 1.29 is 18.0 Å². The lowest BCUT2D eigenvalue weighted by Crippen LogP contribution is -2.13. The van der Waals surface area contributed by atoms with E-state index in [9.17, 15) is 18.0 Å². The third kappa shape index (κ3) is 4.12. The molecule has 1 aromatic heterocycles. The number of aromatic nitrogens is 1. The first-order chi connectivity index (χ1) is 12.4. The fourth-order valence-corrected chi connectivity index (χ4v) is 2.29. The van der Waals surface area contributed by atoms with Crippen LogP contribution in [0.1, 0.15) is 10.4 Å². The van der Waals surface area contributed by atoms with Gasteiger partial charge in [0.1, 0.15) is 11.6 Å². The van der Waals surface area contributed by atoms with Crippen molar-refractivity contribution in [3.05, 3.63) is 82.8 Å². The van der Waals surface area contributed by atoms with Crippen molar-refractivity contribution in [3.8, 4) is 0 Å². The van der Waals surface area contributed by atoms with Gasteiger partial charge in [0.2, 0.25) is 0 Å². The zero-order chi connectivity index (χ0) is 18.7. The second-order valence-electron chi connectivity index (χ2n) is 5.27. The van der Waals surface area contributed by atoms with Crippen molar-refractivity contribution >= 4 is 34.7 Å². The molecule has 3 rings (SSSR count). The average molecular weight is 378 g/mol. The summed E-state index contributed by atoms with van der Waals surface area (Å²) in [5.41, 5.74) is 1.11. The Balaban J connectivity index is 1.68. The van der Waals surface area contributed by atoms with Gasteiger partial charge in [-0.1, -0.05) is 11.6 Å². The highest BCUT2D eigenvalue weighted by Gasteiger charge is 2.10. The summed E-state index contributed by atoms with van der Waals surface area (Å²) in [6, 6.07) is 10.2. The Kier molecular flexibility index (Phi) is 5.09. The molecular formula is C18H11ClF3N3O. The number of hydrogen-bond donors (Lipinski definition) is 2. The van der Waals surface area contributed by atoms with Crippen LogP contribution in [0.4, 0.5) is 30.4 Å². The molecule has 0 radical (unpaired) electrons. The predicted octanol–water partition coefficient (Wildman–Crippen LogP) is 5.15. The maximum atomic E-state index is 13.2. The maximum absolute atomic E-state index is 13.2. The molecule has 0 aliphatic carbocycles. The van der Waals surface area contributed by atoms with Crippen LogP contribution in [0, 0.1) is 17.5 Å². The molecule has 2 aromatic carbocycles. The second-order valence-corrected chi connectivity index (χ2v) is 5.68. The Morgan fingerprint density at radius 1 is 0.885 bits per heavy atom. The lowest BCUT2D eigenvalue weighted by Gasteiger charge is -2.09. The molecule has 0 aliphatic rings. The van der Waals surface area contributed by atoms with Crippen LogP contribution in [0.2, 0.25) is 5.02 Å². The number of pyridine rings is 1. The number of nitrogens with one attached hydrogen (secondary N) is 2. The fourth-order valence-electron chi connectivity index (χ4n) is 2.11. The highest BCUT2D eigenvalue weighted by atomic mass is 35.5. The molecule has 0 saturated heterocycles. The van der Waals surface area contributed by atoms with Crippen LogP contribution in [-0.4, -0.2) is 10.9 Å². The van der Waals surface area contributed by atoms with Crippen LogP contribution in [0.3, 0.4) is 0 Å². The number of nitrogens with zero attached hydrogens (tertiary/aromatic N) is 1. The van der Waals surface area contributed by atoms with Crippen molar-refractivity contribution in [3.63, 3.8) is 0 Å².